The number of hydrogen-bond donors (Lipinski definition) is 0. The van der Waals surface area contributed by atoms with Crippen molar-refractivity contribution in [1.82, 2.24) is 9.66 Å². The molecule has 0 fully saturated rings. The minimum Gasteiger partial charge on any atom is -0.496 e. The Morgan fingerprint density at radius 1 is 1.13 bits per heavy atom. The van der Waals surface area contributed by atoms with Gasteiger partial charge in [0.05, 0.1) is 41.2 Å². The lowest BCUT2D eigenvalue weighted by Crippen LogP contribution is -2.20. The van der Waals surface area contributed by atoms with E-state index in [0.717, 1.165) is 10.1 Å². The van der Waals surface area contributed by atoms with Crippen molar-refractivity contribution in [3.05, 3.63) is 86.1 Å². The Morgan fingerprint density at radius 2 is 1.95 bits per heavy atom. The fraction of sp³-hybridized carbons (Fsp3) is 0.111. The molecule has 0 aliphatic rings. The monoisotopic (exact) mass is 595 g/mol. The number of hydrogen-bond acceptors (Lipinski definition) is 8. The van der Waals surface area contributed by atoms with E-state index in [1.54, 1.807) is 61.7 Å². The molecule has 0 saturated carbocycles. The molecule has 0 unspecified atom stereocenters. The first-order valence-corrected chi connectivity index (χ1v) is 12.4. The van der Waals surface area contributed by atoms with Gasteiger partial charge < -0.3 is 18.6 Å². The number of halogens is 2. The van der Waals surface area contributed by atoms with Crippen LogP contribution >= 0.6 is 27.5 Å². The predicted molar refractivity (Wildman–Crippen MR) is 147 cm³/mol. The lowest BCUT2D eigenvalue weighted by molar-refractivity contribution is -0.142. The quantitative estimate of drug-likeness (QED) is 0.176. The third-order valence-electron chi connectivity index (χ3n) is 5.63. The van der Waals surface area contributed by atoms with Crippen molar-refractivity contribution in [1.29, 1.82) is 0 Å². The SMILES string of the molecule is COC(=O)COc1c(Br)cc(Cl)cc1C=Nn1c(-c2cc3c(OC)cccc3o2)nc2ccccc2c1=O. The Labute approximate surface area is 229 Å². The van der Waals surface area contributed by atoms with Gasteiger partial charge in [-0.15, -0.1) is 0 Å². The van der Waals surface area contributed by atoms with Crippen molar-refractivity contribution in [2.24, 2.45) is 5.10 Å². The topological polar surface area (TPSA) is 105 Å². The zero-order valence-electron chi connectivity index (χ0n) is 20.1. The largest absolute Gasteiger partial charge is 0.496 e. The summed E-state index contributed by atoms with van der Waals surface area (Å²) in [4.78, 5) is 29.9. The number of esters is 1. The van der Waals surface area contributed by atoms with Crippen LogP contribution in [0.1, 0.15) is 5.56 Å². The molecule has 0 N–H and O–H groups in total. The molecule has 3 aromatic carbocycles. The molecule has 192 valence electrons. The smallest absolute Gasteiger partial charge is 0.343 e. The van der Waals surface area contributed by atoms with Gasteiger partial charge in [-0.2, -0.15) is 9.78 Å². The average Bonchev–Trinajstić information content (AvgIpc) is 3.36. The number of carbonyl (C=O) groups excluding carboxylic acids is 1. The first-order chi connectivity index (χ1) is 18.4. The van der Waals surface area contributed by atoms with Crippen LogP contribution in [0.5, 0.6) is 11.5 Å². The van der Waals surface area contributed by atoms with Gasteiger partial charge in [0.25, 0.3) is 5.56 Å². The van der Waals surface area contributed by atoms with Crippen LogP contribution in [-0.2, 0) is 9.53 Å². The van der Waals surface area contributed by atoms with E-state index < -0.39 is 11.5 Å². The van der Waals surface area contributed by atoms with Crippen molar-refractivity contribution in [2.75, 3.05) is 20.8 Å². The maximum Gasteiger partial charge on any atom is 0.343 e. The van der Waals surface area contributed by atoms with Gasteiger partial charge in [0.15, 0.2) is 12.4 Å². The summed E-state index contributed by atoms with van der Waals surface area (Å²) >= 11 is 9.65. The highest BCUT2D eigenvalue weighted by Gasteiger charge is 2.18. The molecule has 5 aromatic rings. The van der Waals surface area contributed by atoms with Crippen LogP contribution in [0.4, 0.5) is 0 Å². The van der Waals surface area contributed by atoms with E-state index in [0.29, 0.717) is 48.8 Å². The molecule has 0 bridgehead atoms. The molecule has 0 atom stereocenters. The number of methoxy groups -OCH3 is 2. The van der Waals surface area contributed by atoms with Crippen molar-refractivity contribution in [3.63, 3.8) is 0 Å². The van der Waals surface area contributed by atoms with E-state index >= 15 is 0 Å². The molecular formula is C27H19BrClN3O6. The first kappa shape index (κ1) is 25.5. The number of ether oxygens (including phenoxy) is 3. The molecule has 2 heterocycles. The van der Waals surface area contributed by atoms with E-state index in [1.165, 1.54) is 13.3 Å². The van der Waals surface area contributed by atoms with Crippen LogP contribution < -0.4 is 15.0 Å². The highest BCUT2D eigenvalue weighted by molar-refractivity contribution is 9.10. The van der Waals surface area contributed by atoms with Crippen molar-refractivity contribution in [3.8, 4) is 23.1 Å². The summed E-state index contributed by atoms with van der Waals surface area (Å²) < 4.78 is 23.4. The van der Waals surface area contributed by atoms with Crippen LogP contribution in [0.3, 0.4) is 0 Å². The van der Waals surface area contributed by atoms with E-state index in [2.05, 4.69) is 30.8 Å². The molecule has 5 rings (SSSR count). The van der Waals surface area contributed by atoms with Gasteiger partial charge in [-0.3, -0.25) is 4.79 Å². The Morgan fingerprint density at radius 3 is 2.74 bits per heavy atom. The highest BCUT2D eigenvalue weighted by Crippen LogP contribution is 2.34. The third kappa shape index (κ3) is 4.88. The summed E-state index contributed by atoms with van der Waals surface area (Å²) in [5, 5.41) is 5.94. The summed E-state index contributed by atoms with van der Waals surface area (Å²) in [6.07, 6.45) is 1.40. The van der Waals surface area contributed by atoms with Gasteiger partial charge >= 0.3 is 5.97 Å². The molecule has 0 saturated heterocycles. The van der Waals surface area contributed by atoms with Crippen LogP contribution in [-0.4, -0.2) is 42.7 Å². The fourth-order valence-electron chi connectivity index (χ4n) is 3.85. The van der Waals surface area contributed by atoms with Gasteiger partial charge in [-0.05, 0) is 58.4 Å². The van der Waals surface area contributed by atoms with Gasteiger partial charge in [0.2, 0.25) is 5.82 Å². The second-order valence-corrected chi connectivity index (χ2v) is 9.26. The second kappa shape index (κ2) is 10.7. The number of rotatable bonds is 7. The standard InChI is InChI=1S/C27H19BrClN3O6/c1-35-21-8-5-9-22-18(21)12-23(38-22)26-31-20-7-4-3-6-17(20)27(34)32(26)30-13-15-10-16(29)11-19(28)25(15)37-14-24(33)36-2/h3-13H,14H2,1-2H3. The molecule has 0 aliphatic heterocycles. The minimum absolute atomic E-state index is 0.182. The lowest BCUT2D eigenvalue weighted by atomic mass is 10.2. The highest BCUT2D eigenvalue weighted by atomic mass is 79.9. The number of carbonyl (C=O) groups is 1. The van der Waals surface area contributed by atoms with E-state index in [-0.39, 0.29) is 12.4 Å². The summed E-state index contributed by atoms with van der Waals surface area (Å²) in [6, 6.07) is 17.3. The third-order valence-corrected chi connectivity index (χ3v) is 6.43. The molecule has 38 heavy (non-hydrogen) atoms. The predicted octanol–water partition coefficient (Wildman–Crippen LogP) is 5.67. The van der Waals surface area contributed by atoms with E-state index in [9.17, 15) is 9.59 Å². The molecule has 0 spiro atoms. The Kier molecular flexibility index (Phi) is 7.17. The summed E-state index contributed by atoms with van der Waals surface area (Å²) in [7, 11) is 2.83. The normalized spacial score (nSPS) is 11.4. The Balaban J connectivity index is 1.68. The van der Waals surface area contributed by atoms with E-state index in [1.807, 2.05) is 6.07 Å². The fourth-order valence-corrected chi connectivity index (χ4v) is 4.80. The zero-order valence-corrected chi connectivity index (χ0v) is 22.4. The summed E-state index contributed by atoms with van der Waals surface area (Å²) in [6.45, 7) is -0.332. The molecule has 2 aromatic heterocycles. The van der Waals surface area contributed by atoms with Gasteiger partial charge in [-0.1, -0.05) is 29.8 Å². The number of furan rings is 1. The van der Waals surface area contributed by atoms with Gasteiger partial charge in [0, 0.05) is 10.6 Å². The van der Waals surface area contributed by atoms with Crippen LogP contribution in [0.2, 0.25) is 5.02 Å². The molecule has 11 heteroatoms. The number of nitrogens with zero attached hydrogens (tertiary/aromatic N) is 3. The average molecular weight is 597 g/mol. The van der Waals surface area contributed by atoms with Crippen molar-refractivity contribution in [2.45, 2.75) is 0 Å². The number of benzene rings is 3. The van der Waals surface area contributed by atoms with Crippen molar-refractivity contribution >= 4 is 61.6 Å². The maximum atomic E-state index is 13.6. The Hall–Kier alpha value is -4.15. The molecule has 0 amide bonds. The Bertz CT molecular complexity index is 1780. The molecule has 9 nitrogen and oxygen atoms in total. The number of aromatic nitrogens is 2. The number of fused-ring (bicyclic) bond motifs is 2. The lowest BCUT2D eigenvalue weighted by Gasteiger charge is -2.11. The summed E-state index contributed by atoms with van der Waals surface area (Å²) in [5.41, 5.74) is 1.05. The van der Waals surface area contributed by atoms with Gasteiger partial charge in [0.1, 0.15) is 17.1 Å². The molecule has 0 aliphatic carbocycles. The minimum atomic E-state index is -0.563. The maximum absolute atomic E-state index is 13.6. The summed E-state index contributed by atoms with van der Waals surface area (Å²) in [5.74, 6) is 0.847. The van der Waals surface area contributed by atoms with Crippen molar-refractivity contribution < 1.29 is 23.4 Å². The first-order valence-electron chi connectivity index (χ1n) is 11.2. The van der Waals surface area contributed by atoms with Crippen LogP contribution in [0.25, 0.3) is 33.5 Å². The van der Waals surface area contributed by atoms with E-state index in [4.69, 9.17) is 25.5 Å². The molecule has 0 radical (unpaired) electrons. The zero-order chi connectivity index (χ0) is 26.8. The number of para-hydroxylation sites is 1. The second-order valence-electron chi connectivity index (χ2n) is 7.97. The van der Waals surface area contributed by atoms with Crippen LogP contribution in [0, 0.1) is 0 Å². The molecular weight excluding hydrogens is 578 g/mol. The van der Waals surface area contributed by atoms with Gasteiger partial charge in [-0.25, -0.2) is 9.78 Å². The van der Waals surface area contributed by atoms with Crippen LogP contribution in [0.15, 0.2) is 79.4 Å².